The number of hydrogen-bond donors (Lipinski definition) is 2. The fourth-order valence-corrected chi connectivity index (χ4v) is 8.95. The molecule has 0 aliphatic carbocycles. The first-order valence-electron chi connectivity index (χ1n) is 27.8. The summed E-state index contributed by atoms with van der Waals surface area (Å²) in [6, 6.07) is -0.796. The third-order valence-electron chi connectivity index (χ3n) is 12.6. The van der Waals surface area contributed by atoms with Gasteiger partial charge in [0.05, 0.1) is 39.9 Å². The summed E-state index contributed by atoms with van der Waals surface area (Å²) in [6.07, 6.45) is 60.7. The molecule has 3 atom stereocenters. The molecule has 0 aliphatic heterocycles. The SMILES string of the molecule is CCCCCCC/C=C\C/C=C\C/C=C\CCCCCCCCCCCCCCCCCCCCCCC(=O)NC(COP(=O)([O-])OCC[N+](C)(C)C)C(O)CCCCCCCCCC. The number of nitrogens with one attached hydrogen (secondary N) is 1. The van der Waals surface area contributed by atoms with Crippen molar-refractivity contribution in [3.8, 4) is 0 Å². The van der Waals surface area contributed by atoms with Crippen LogP contribution in [0.3, 0.4) is 0 Å². The number of allylic oxidation sites excluding steroid dienone is 6. The highest BCUT2D eigenvalue weighted by Gasteiger charge is 2.24. The third kappa shape index (κ3) is 50.4. The van der Waals surface area contributed by atoms with Crippen LogP contribution in [-0.4, -0.2) is 68.5 Å². The van der Waals surface area contributed by atoms with Crippen LogP contribution in [0.1, 0.15) is 264 Å². The number of nitrogens with zero attached hydrogens (tertiary/aromatic N) is 1. The minimum atomic E-state index is -4.56. The van der Waals surface area contributed by atoms with Crippen LogP contribution in [0.5, 0.6) is 0 Å². The Bertz CT molecular complexity index is 1150. The van der Waals surface area contributed by atoms with E-state index in [9.17, 15) is 19.4 Å². The average Bonchev–Trinajstić information content (AvgIpc) is 3.26. The molecule has 0 saturated carbocycles. The number of hydrogen-bond acceptors (Lipinski definition) is 6. The van der Waals surface area contributed by atoms with E-state index in [1.807, 2.05) is 21.1 Å². The number of aliphatic hydroxyl groups is 1. The number of quaternary nitrogens is 1. The Hall–Kier alpha value is -1.28. The lowest BCUT2D eigenvalue weighted by Gasteiger charge is -2.30. The second-order valence-corrected chi connectivity index (χ2v) is 21.7. The Balaban J connectivity index is 3.84. The van der Waals surface area contributed by atoms with Crippen LogP contribution in [0.2, 0.25) is 0 Å². The monoisotopic (exact) mass is 937 g/mol. The van der Waals surface area contributed by atoms with Crippen molar-refractivity contribution in [3.05, 3.63) is 36.5 Å². The molecule has 384 valence electrons. The van der Waals surface area contributed by atoms with Crippen molar-refractivity contribution in [2.24, 2.45) is 0 Å². The van der Waals surface area contributed by atoms with Crippen molar-refractivity contribution in [2.45, 2.75) is 276 Å². The first kappa shape index (κ1) is 63.7. The minimum absolute atomic E-state index is 0.0132. The van der Waals surface area contributed by atoms with E-state index < -0.39 is 20.0 Å². The van der Waals surface area contributed by atoms with Gasteiger partial charge in [-0.25, -0.2) is 0 Å². The molecular formula is C56H109N2O6P. The van der Waals surface area contributed by atoms with Crippen molar-refractivity contribution >= 4 is 13.7 Å². The molecule has 1 amide bonds. The number of carbonyl (C=O) groups is 1. The van der Waals surface area contributed by atoms with Crippen molar-refractivity contribution in [1.82, 2.24) is 5.32 Å². The summed E-state index contributed by atoms with van der Waals surface area (Å²) < 4.78 is 23.2. The summed E-state index contributed by atoms with van der Waals surface area (Å²) in [4.78, 5) is 25.3. The van der Waals surface area contributed by atoms with Gasteiger partial charge in [0.2, 0.25) is 5.91 Å². The van der Waals surface area contributed by atoms with E-state index in [1.54, 1.807) is 0 Å². The highest BCUT2D eigenvalue weighted by molar-refractivity contribution is 7.45. The first-order chi connectivity index (χ1) is 31.5. The Morgan fingerprint density at radius 2 is 0.892 bits per heavy atom. The summed E-state index contributed by atoms with van der Waals surface area (Å²) in [5.41, 5.74) is 0. The van der Waals surface area contributed by atoms with Crippen LogP contribution in [-0.2, 0) is 18.4 Å². The molecule has 2 N–H and O–H groups in total. The molecule has 0 saturated heterocycles. The van der Waals surface area contributed by atoms with E-state index in [-0.39, 0.29) is 19.1 Å². The van der Waals surface area contributed by atoms with Gasteiger partial charge in [-0.15, -0.1) is 0 Å². The van der Waals surface area contributed by atoms with Crippen LogP contribution < -0.4 is 10.2 Å². The molecule has 0 fully saturated rings. The summed E-state index contributed by atoms with van der Waals surface area (Å²) in [6.45, 7) is 4.69. The van der Waals surface area contributed by atoms with Gasteiger partial charge in [-0.1, -0.05) is 243 Å². The summed E-state index contributed by atoms with van der Waals surface area (Å²) >= 11 is 0. The lowest BCUT2D eigenvalue weighted by Crippen LogP contribution is -2.46. The van der Waals surface area contributed by atoms with Gasteiger partial charge in [0, 0.05) is 6.42 Å². The predicted molar refractivity (Wildman–Crippen MR) is 279 cm³/mol. The zero-order valence-electron chi connectivity index (χ0n) is 43.7. The Morgan fingerprint density at radius 1 is 0.538 bits per heavy atom. The number of likely N-dealkylation sites (N-methyl/N-ethyl adjacent to an activating group) is 1. The van der Waals surface area contributed by atoms with E-state index in [0.717, 1.165) is 51.4 Å². The standard InChI is InChI=1S/C56H109N2O6P/c1-6-8-10-12-14-16-17-18-19-20-21-22-23-24-25-26-27-28-29-30-31-32-33-34-35-36-37-38-39-40-41-42-44-46-48-50-56(60)57-54(53-64-65(61,62)63-52-51-58(3,4)5)55(59)49-47-45-43-15-13-11-9-7-2/h17-18,20-21,23-24,54-55,59H,6-16,19,22,25-53H2,1-5H3,(H-,57,60,61,62)/b18-17-,21-20-,24-23-. The molecule has 0 aliphatic rings. The van der Waals surface area contributed by atoms with Crippen molar-refractivity contribution in [1.29, 1.82) is 0 Å². The molecule has 8 nitrogen and oxygen atoms in total. The lowest BCUT2D eigenvalue weighted by atomic mass is 10.0. The molecule has 3 unspecified atom stereocenters. The average molecular weight is 937 g/mol. The number of phosphoric ester groups is 1. The molecule has 65 heavy (non-hydrogen) atoms. The van der Waals surface area contributed by atoms with Gasteiger partial charge < -0.3 is 28.8 Å². The zero-order valence-corrected chi connectivity index (χ0v) is 44.6. The number of rotatable bonds is 51. The smallest absolute Gasteiger partial charge is 0.268 e. The van der Waals surface area contributed by atoms with E-state index in [4.69, 9.17) is 9.05 Å². The number of aliphatic hydroxyl groups excluding tert-OH is 1. The van der Waals surface area contributed by atoms with Crippen molar-refractivity contribution < 1.29 is 32.9 Å². The summed E-state index contributed by atoms with van der Waals surface area (Å²) in [5.74, 6) is -0.165. The number of carbonyl (C=O) groups excluding carboxylic acids is 1. The molecule has 0 aromatic rings. The molecular weight excluding hydrogens is 828 g/mol. The summed E-state index contributed by atoms with van der Waals surface area (Å²) in [5, 5.41) is 13.9. The quantitative estimate of drug-likeness (QED) is 0.0272. The van der Waals surface area contributed by atoms with Crippen molar-refractivity contribution in [3.63, 3.8) is 0 Å². The Morgan fingerprint density at radius 3 is 1.29 bits per heavy atom. The molecule has 0 rings (SSSR count). The largest absolute Gasteiger partial charge is 0.756 e. The van der Waals surface area contributed by atoms with Crippen LogP contribution in [0.15, 0.2) is 36.5 Å². The molecule has 0 aromatic carbocycles. The lowest BCUT2D eigenvalue weighted by molar-refractivity contribution is -0.870. The van der Waals surface area contributed by atoms with Gasteiger partial charge in [-0.3, -0.25) is 9.36 Å². The molecule has 0 heterocycles. The number of phosphoric acid groups is 1. The third-order valence-corrected chi connectivity index (χ3v) is 13.6. The molecule has 0 radical (unpaired) electrons. The van der Waals surface area contributed by atoms with E-state index in [2.05, 4.69) is 55.6 Å². The van der Waals surface area contributed by atoms with E-state index in [0.29, 0.717) is 23.9 Å². The second-order valence-electron chi connectivity index (χ2n) is 20.3. The topological polar surface area (TPSA) is 108 Å². The predicted octanol–water partition coefficient (Wildman–Crippen LogP) is 16.0. The number of unbranched alkanes of at least 4 members (excludes halogenated alkanes) is 32. The fraction of sp³-hybridized carbons (Fsp3) is 0.875. The van der Waals surface area contributed by atoms with Crippen LogP contribution in [0, 0.1) is 0 Å². The molecule has 0 bridgehead atoms. The zero-order chi connectivity index (χ0) is 47.8. The maximum atomic E-state index is 12.9. The highest BCUT2D eigenvalue weighted by atomic mass is 31.2. The first-order valence-corrected chi connectivity index (χ1v) is 29.3. The fourth-order valence-electron chi connectivity index (χ4n) is 8.22. The maximum absolute atomic E-state index is 12.9. The molecule has 0 aromatic heterocycles. The minimum Gasteiger partial charge on any atom is -0.756 e. The Kier molecular flexibility index (Phi) is 46.8. The van der Waals surface area contributed by atoms with Gasteiger partial charge in [0.15, 0.2) is 0 Å². The Labute approximate surface area is 404 Å². The van der Waals surface area contributed by atoms with Crippen LogP contribution >= 0.6 is 7.82 Å². The van der Waals surface area contributed by atoms with E-state index >= 15 is 0 Å². The maximum Gasteiger partial charge on any atom is 0.268 e. The van der Waals surface area contributed by atoms with Crippen molar-refractivity contribution in [2.75, 3.05) is 40.9 Å². The van der Waals surface area contributed by atoms with E-state index in [1.165, 1.54) is 186 Å². The van der Waals surface area contributed by atoms with Gasteiger partial charge in [0.25, 0.3) is 7.82 Å². The van der Waals surface area contributed by atoms with Gasteiger partial charge >= 0.3 is 0 Å². The normalized spacial score (nSPS) is 14.3. The number of amides is 1. The molecule has 9 heteroatoms. The second kappa shape index (κ2) is 47.8. The van der Waals surface area contributed by atoms with Gasteiger partial charge in [0.1, 0.15) is 13.2 Å². The molecule has 0 spiro atoms. The van der Waals surface area contributed by atoms with Crippen LogP contribution in [0.4, 0.5) is 0 Å². The van der Waals surface area contributed by atoms with Gasteiger partial charge in [-0.05, 0) is 51.4 Å². The van der Waals surface area contributed by atoms with Gasteiger partial charge in [-0.2, -0.15) is 0 Å². The summed E-state index contributed by atoms with van der Waals surface area (Å²) in [7, 11) is 1.31. The van der Waals surface area contributed by atoms with Crippen LogP contribution in [0.25, 0.3) is 0 Å². The highest BCUT2D eigenvalue weighted by Crippen LogP contribution is 2.38.